The van der Waals surface area contributed by atoms with Gasteiger partial charge >= 0.3 is 0 Å². The van der Waals surface area contributed by atoms with Crippen LogP contribution >= 0.6 is 23.2 Å². The number of halogens is 2. The van der Waals surface area contributed by atoms with Crippen molar-refractivity contribution >= 4 is 23.2 Å². The molecule has 0 amide bonds. The molecular formula is C14H19Cl2N5. The molecule has 1 atom stereocenters. The van der Waals surface area contributed by atoms with Crippen LogP contribution in [0, 0.1) is 0 Å². The highest BCUT2D eigenvalue weighted by Crippen LogP contribution is 2.31. The lowest BCUT2D eigenvalue weighted by molar-refractivity contribution is 0.365. The Morgan fingerprint density at radius 3 is 2.62 bits per heavy atom. The molecule has 1 unspecified atom stereocenters. The quantitative estimate of drug-likeness (QED) is 0.631. The summed E-state index contributed by atoms with van der Waals surface area (Å²) in [6, 6.07) is 7.24. The van der Waals surface area contributed by atoms with Crippen LogP contribution in [0.2, 0.25) is 10.0 Å². The van der Waals surface area contributed by atoms with Crippen LogP contribution in [0.5, 0.6) is 0 Å². The van der Waals surface area contributed by atoms with Crippen LogP contribution in [0.1, 0.15) is 17.3 Å². The van der Waals surface area contributed by atoms with E-state index in [4.69, 9.17) is 29.0 Å². The minimum Gasteiger partial charge on any atom is -0.308 e. The van der Waals surface area contributed by atoms with Crippen LogP contribution in [0.4, 0.5) is 0 Å². The van der Waals surface area contributed by atoms with E-state index in [1.807, 2.05) is 43.0 Å². The number of nitrogens with one attached hydrogen (secondary N) is 1. The van der Waals surface area contributed by atoms with E-state index in [0.29, 0.717) is 10.0 Å². The molecule has 0 aliphatic heterocycles. The monoisotopic (exact) mass is 327 g/mol. The van der Waals surface area contributed by atoms with Gasteiger partial charge in [0.05, 0.1) is 29.5 Å². The molecule has 7 heteroatoms. The first-order chi connectivity index (χ1) is 10.0. The average molecular weight is 328 g/mol. The van der Waals surface area contributed by atoms with Crippen LogP contribution in [0.25, 0.3) is 0 Å². The molecule has 0 fully saturated rings. The van der Waals surface area contributed by atoms with E-state index < -0.39 is 0 Å². The number of nitrogens with zero attached hydrogens (tertiary/aromatic N) is 3. The zero-order valence-corrected chi connectivity index (χ0v) is 13.6. The molecule has 5 nitrogen and oxygen atoms in total. The van der Waals surface area contributed by atoms with Crippen LogP contribution in [-0.4, -0.2) is 35.3 Å². The standard InChI is InChI=1S/C14H19Cl2N5/c1-20(2)7-8-21-14(12(16)9-18-21)13(19-17)10-5-3-4-6-11(10)15/h3-6,9,13,19H,7-8,17H2,1-2H3. The molecule has 0 aliphatic carbocycles. The highest BCUT2D eigenvalue weighted by molar-refractivity contribution is 6.32. The van der Waals surface area contributed by atoms with Crippen LogP contribution in [0.3, 0.4) is 0 Å². The summed E-state index contributed by atoms with van der Waals surface area (Å²) in [7, 11) is 4.02. The van der Waals surface area contributed by atoms with E-state index in [1.54, 1.807) is 6.20 Å². The molecule has 21 heavy (non-hydrogen) atoms. The number of benzene rings is 1. The number of nitrogens with two attached hydrogens (primary N) is 1. The maximum atomic E-state index is 6.30. The fraction of sp³-hybridized carbons (Fsp3) is 0.357. The fourth-order valence-electron chi connectivity index (χ4n) is 2.16. The van der Waals surface area contributed by atoms with Crippen molar-refractivity contribution in [1.82, 2.24) is 20.1 Å². The molecule has 1 heterocycles. The van der Waals surface area contributed by atoms with E-state index in [9.17, 15) is 0 Å². The van der Waals surface area contributed by atoms with Gasteiger partial charge in [0.2, 0.25) is 0 Å². The number of rotatable bonds is 6. The predicted molar refractivity (Wildman–Crippen MR) is 86.4 cm³/mol. The molecule has 0 saturated heterocycles. The third-order valence-corrected chi connectivity index (χ3v) is 3.88. The van der Waals surface area contributed by atoms with Crippen molar-refractivity contribution < 1.29 is 0 Å². The van der Waals surface area contributed by atoms with Gasteiger partial charge in [0.15, 0.2) is 0 Å². The van der Waals surface area contributed by atoms with Crippen molar-refractivity contribution in [3.05, 3.63) is 51.8 Å². The molecular weight excluding hydrogens is 309 g/mol. The third kappa shape index (κ3) is 3.75. The summed E-state index contributed by atoms with van der Waals surface area (Å²) >= 11 is 12.6. The molecule has 0 radical (unpaired) electrons. The Morgan fingerprint density at radius 2 is 2.00 bits per heavy atom. The highest BCUT2D eigenvalue weighted by Gasteiger charge is 2.22. The largest absolute Gasteiger partial charge is 0.308 e. The van der Waals surface area contributed by atoms with Gasteiger partial charge in [0.1, 0.15) is 0 Å². The Balaban J connectivity index is 2.38. The summed E-state index contributed by atoms with van der Waals surface area (Å²) in [6.07, 6.45) is 1.63. The van der Waals surface area contributed by atoms with E-state index in [0.717, 1.165) is 24.3 Å². The van der Waals surface area contributed by atoms with E-state index >= 15 is 0 Å². The molecule has 0 aliphatic rings. The van der Waals surface area contributed by atoms with Gasteiger partial charge < -0.3 is 4.90 Å². The number of hydrogen-bond acceptors (Lipinski definition) is 4. The van der Waals surface area contributed by atoms with Crippen molar-refractivity contribution in [2.75, 3.05) is 20.6 Å². The van der Waals surface area contributed by atoms with E-state index in [2.05, 4.69) is 15.4 Å². The summed E-state index contributed by atoms with van der Waals surface area (Å²) in [6.45, 7) is 1.57. The van der Waals surface area contributed by atoms with Crippen molar-refractivity contribution in [2.24, 2.45) is 5.84 Å². The molecule has 2 aromatic rings. The Hall–Kier alpha value is -1.11. The Bertz CT molecular complexity index is 597. The topological polar surface area (TPSA) is 59.1 Å². The van der Waals surface area contributed by atoms with E-state index in [-0.39, 0.29) is 6.04 Å². The van der Waals surface area contributed by atoms with Gasteiger partial charge in [-0.2, -0.15) is 5.10 Å². The van der Waals surface area contributed by atoms with Gasteiger partial charge in [-0.15, -0.1) is 0 Å². The number of aromatic nitrogens is 2. The highest BCUT2D eigenvalue weighted by atomic mass is 35.5. The lowest BCUT2D eigenvalue weighted by Gasteiger charge is -2.20. The first kappa shape index (κ1) is 16.3. The lowest BCUT2D eigenvalue weighted by atomic mass is 10.0. The summed E-state index contributed by atoms with van der Waals surface area (Å²) in [5.41, 5.74) is 4.47. The smallest absolute Gasteiger partial charge is 0.0907 e. The van der Waals surface area contributed by atoms with Gasteiger partial charge in [-0.25, -0.2) is 5.43 Å². The summed E-state index contributed by atoms with van der Waals surface area (Å²) < 4.78 is 1.86. The second-order valence-corrected chi connectivity index (χ2v) is 5.84. The molecule has 1 aromatic heterocycles. The van der Waals surface area contributed by atoms with Gasteiger partial charge in [-0.1, -0.05) is 41.4 Å². The van der Waals surface area contributed by atoms with Gasteiger partial charge in [-0.3, -0.25) is 10.5 Å². The molecule has 0 saturated carbocycles. The van der Waals surface area contributed by atoms with Gasteiger partial charge in [-0.05, 0) is 25.7 Å². The van der Waals surface area contributed by atoms with Crippen LogP contribution in [-0.2, 0) is 6.54 Å². The second-order valence-electron chi connectivity index (χ2n) is 5.03. The van der Waals surface area contributed by atoms with Crippen molar-refractivity contribution in [2.45, 2.75) is 12.6 Å². The van der Waals surface area contributed by atoms with Crippen molar-refractivity contribution in [3.63, 3.8) is 0 Å². The van der Waals surface area contributed by atoms with Crippen LogP contribution < -0.4 is 11.3 Å². The number of hydrazine groups is 1. The minimum atomic E-state index is -0.309. The maximum absolute atomic E-state index is 6.30. The van der Waals surface area contributed by atoms with Gasteiger partial charge in [0.25, 0.3) is 0 Å². The second kappa shape index (κ2) is 7.24. The zero-order valence-electron chi connectivity index (χ0n) is 12.1. The number of likely N-dealkylation sites (N-methyl/N-ethyl adjacent to an activating group) is 1. The predicted octanol–water partition coefficient (Wildman–Crippen LogP) is 2.30. The fourth-order valence-corrected chi connectivity index (χ4v) is 2.65. The molecule has 1 aromatic carbocycles. The minimum absolute atomic E-state index is 0.309. The van der Waals surface area contributed by atoms with Crippen molar-refractivity contribution in [1.29, 1.82) is 0 Å². The number of hydrogen-bond donors (Lipinski definition) is 2. The molecule has 2 rings (SSSR count). The zero-order chi connectivity index (χ0) is 15.4. The summed E-state index contributed by atoms with van der Waals surface area (Å²) in [4.78, 5) is 2.08. The lowest BCUT2D eigenvalue weighted by Crippen LogP contribution is -2.32. The average Bonchev–Trinajstić information content (AvgIpc) is 2.81. The SMILES string of the molecule is CN(C)CCn1ncc(Cl)c1C(NN)c1ccccc1Cl. The Labute approximate surface area is 134 Å². The molecule has 114 valence electrons. The van der Waals surface area contributed by atoms with E-state index in [1.165, 1.54) is 0 Å². The Morgan fingerprint density at radius 1 is 1.29 bits per heavy atom. The van der Waals surface area contributed by atoms with Crippen molar-refractivity contribution in [3.8, 4) is 0 Å². The Kier molecular flexibility index (Phi) is 5.61. The van der Waals surface area contributed by atoms with Gasteiger partial charge in [0, 0.05) is 11.6 Å². The third-order valence-electron chi connectivity index (χ3n) is 3.25. The summed E-state index contributed by atoms with van der Waals surface area (Å²) in [5, 5.41) is 5.53. The summed E-state index contributed by atoms with van der Waals surface area (Å²) in [5.74, 6) is 5.74. The first-order valence-corrected chi connectivity index (χ1v) is 7.36. The maximum Gasteiger partial charge on any atom is 0.0907 e. The molecule has 3 N–H and O–H groups in total. The molecule has 0 bridgehead atoms. The first-order valence-electron chi connectivity index (χ1n) is 6.61. The van der Waals surface area contributed by atoms with Crippen LogP contribution in [0.15, 0.2) is 30.5 Å². The normalized spacial score (nSPS) is 12.9. The molecule has 0 spiro atoms.